The van der Waals surface area contributed by atoms with E-state index in [9.17, 15) is 4.79 Å². The highest BCUT2D eigenvalue weighted by Crippen LogP contribution is 2.20. The third kappa shape index (κ3) is 3.11. The van der Waals surface area contributed by atoms with Crippen LogP contribution in [-0.4, -0.2) is 5.91 Å². The van der Waals surface area contributed by atoms with Gasteiger partial charge in [-0.25, -0.2) is 0 Å². The minimum atomic E-state index is -0.0232. The molecule has 0 saturated carbocycles. The molecule has 0 spiro atoms. The Morgan fingerprint density at radius 2 is 2.08 bits per heavy atom. The van der Waals surface area contributed by atoms with Gasteiger partial charge in [0.15, 0.2) is 0 Å². The second-order valence-corrected chi connectivity index (χ2v) is 3.88. The summed E-state index contributed by atoms with van der Waals surface area (Å²) in [7, 11) is 0. The molecular formula is C10H13NOS. The maximum atomic E-state index is 10.7. The van der Waals surface area contributed by atoms with E-state index < -0.39 is 0 Å². The van der Waals surface area contributed by atoms with Crippen LogP contribution in [0.15, 0.2) is 23.1 Å². The van der Waals surface area contributed by atoms with E-state index in [-0.39, 0.29) is 5.91 Å². The molecule has 0 aliphatic carbocycles. The van der Waals surface area contributed by atoms with E-state index in [0.717, 1.165) is 4.90 Å². The Hall–Kier alpha value is -0.960. The van der Waals surface area contributed by atoms with Gasteiger partial charge in [-0.05, 0) is 37.4 Å². The van der Waals surface area contributed by atoms with Crippen molar-refractivity contribution >= 4 is 17.9 Å². The molecule has 0 unspecified atom stereocenters. The van der Waals surface area contributed by atoms with Crippen molar-refractivity contribution in [3.05, 3.63) is 29.3 Å². The number of rotatable bonds is 2. The predicted molar refractivity (Wildman–Crippen MR) is 55.6 cm³/mol. The summed E-state index contributed by atoms with van der Waals surface area (Å²) in [4.78, 5) is 11.8. The number of aryl methyl sites for hydroxylation is 2. The van der Waals surface area contributed by atoms with Crippen LogP contribution in [0.3, 0.4) is 0 Å². The van der Waals surface area contributed by atoms with Crippen LogP contribution in [0.5, 0.6) is 0 Å². The molecule has 0 aliphatic heterocycles. The third-order valence-electron chi connectivity index (χ3n) is 1.64. The van der Waals surface area contributed by atoms with Gasteiger partial charge in [-0.3, -0.25) is 9.52 Å². The van der Waals surface area contributed by atoms with Crippen LogP contribution in [-0.2, 0) is 4.79 Å². The van der Waals surface area contributed by atoms with Gasteiger partial charge >= 0.3 is 0 Å². The van der Waals surface area contributed by atoms with Crippen LogP contribution < -0.4 is 4.72 Å². The molecule has 0 saturated heterocycles. The normalized spacial score (nSPS) is 9.77. The number of nitrogens with one attached hydrogen (secondary N) is 1. The Morgan fingerprint density at radius 3 is 2.62 bits per heavy atom. The van der Waals surface area contributed by atoms with Gasteiger partial charge < -0.3 is 0 Å². The Bertz CT molecular complexity index is 323. The van der Waals surface area contributed by atoms with Crippen LogP contribution in [0.1, 0.15) is 18.1 Å². The van der Waals surface area contributed by atoms with Gasteiger partial charge in [0.2, 0.25) is 5.91 Å². The fraction of sp³-hybridized carbons (Fsp3) is 0.300. The van der Waals surface area contributed by atoms with Crippen LogP contribution in [0.2, 0.25) is 0 Å². The summed E-state index contributed by atoms with van der Waals surface area (Å²) in [5, 5.41) is 0. The number of hydrogen-bond acceptors (Lipinski definition) is 2. The minimum absolute atomic E-state index is 0.0232. The number of amides is 1. The molecule has 1 aromatic rings. The van der Waals surface area contributed by atoms with E-state index in [4.69, 9.17) is 0 Å². The zero-order valence-electron chi connectivity index (χ0n) is 8.05. The molecule has 0 radical (unpaired) electrons. The fourth-order valence-electron chi connectivity index (χ4n) is 1.04. The molecule has 0 atom stereocenters. The molecule has 0 bridgehead atoms. The quantitative estimate of drug-likeness (QED) is 0.734. The third-order valence-corrected chi connectivity index (χ3v) is 2.70. The molecule has 0 aliphatic rings. The average molecular weight is 195 g/mol. The summed E-state index contributed by atoms with van der Waals surface area (Å²) in [5.74, 6) is -0.0232. The molecule has 1 amide bonds. The summed E-state index contributed by atoms with van der Waals surface area (Å²) < 4.78 is 2.70. The van der Waals surface area contributed by atoms with E-state index in [2.05, 4.69) is 17.7 Å². The van der Waals surface area contributed by atoms with Crippen molar-refractivity contribution in [1.29, 1.82) is 0 Å². The second-order valence-electron chi connectivity index (χ2n) is 3.03. The number of carbonyl (C=O) groups is 1. The van der Waals surface area contributed by atoms with E-state index in [1.54, 1.807) is 0 Å². The maximum absolute atomic E-state index is 10.7. The second kappa shape index (κ2) is 4.33. The lowest BCUT2D eigenvalue weighted by Crippen LogP contribution is -2.10. The summed E-state index contributed by atoms with van der Waals surface area (Å²) in [5.41, 5.74) is 2.43. The minimum Gasteiger partial charge on any atom is -0.296 e. The van der Waals surface area contributed by atoms with Gasteiger partial charge in [0.25, 0.3) is 0 Å². The monoisotopic (exact) mass is 195 g/mol. The Kier molecular flexibility index (Phi) is 3.37. The molecule has 13 heavy (non-hydrogen) atoms. The van der Waals surface area contributed by atoms with Gasteiger partial charge in [-0.2, -0.15) is 0 Å². The van der Waals surface area contributed by atoms with Gasteiger partial charge in [-0.1, -0.05) is 17.7 Å². The van der Waals surface area contributed by atoms with Crippen LogP contribution >= 0.6 is 11.9 Å². The highest BCUT2D eigenvalue weighted by molar-refractivity contribution is 7.98. The van der Waals surface area contributed by atoms with Crippen molar-refractivity contribution in [2.45, 2.75) is 25.7 Å². The predicted octanol–water partition coefficient (Wildman–Crippen LogP) is 2.45. The number of hydrogen-bond donors (Lipinski definition) is 1. The van der Waals surface area contributed by atoms with Gasteiger partial charge in [-0.15, -0.1) is 0 Å². The maximum Gasteiger partial charge on any atom is 0.226 e. The first kappa shape index (κ1) is 10.1. The van der Waals surface area contributed by atoms with E-state index in [1.807, 2.05) is 19.1 Å². The number of carbonyl (C=O) groups excluding carboxylic acids is 1. The standard InChI is InChI=1S/C10H13NOS/c1-7-4-5-10(8(2)6-7)13-11-9(3)12/h4-6H,1-3H3,(H,11,12). The Balaban J connectivity index is 2.72. The van der Waals surface area contributed by atoms with E-state index >= 15 is 0 Å². The molecule has 0 fully saturated rings. The fourth-order valence-corrected chi connectivity index (χ4v) is 1.65. The molecule has 3 heteroatoms. The lowest BCUT2D eigenvalue weighted by molar-refractivity contribution is -0.117. The molecule has 1 rings (SSSR count). The Labute approximate surface area is 82.9 Å². The SMILES string of the molecule is CC(=O)NSc1ccc(C)cc1C. The summed E-state index contributed by atoms with van der Waals surface area (Å²) in [6, 6.07) is 6.16. The molecule has 70 valence electrons. The highest BCUT2D eigenvalue weighted by atomic mass is 32.2. The van der Waals surface area contributed by atoms with Gasteiger partial charge in [0.05, 0.1) is 0 Å². The van der Waals surface area contributed by atoms with Crippen molar-refractivity contribution < 1.29 is 4.79 Å². The summed E-state index contributed by atoms with van der Waals surface area (Å²) in [6.07, 6.45) is 0. The summed E-state index contributed by atoms with van der Waals surface area (Å²) >= 11 is 1.36. The first-order valence-corrected chi connectivity index (χ1v) is 4.92. The van der Waals surface area contributed by atoms with E-state index in [0.29, 0.717) is 0 Å². The molecule has 1 N–H and O–H groups in total. The lowest BCUT2D eigenvalue weighted by Gasteiger charge is -2.05. The molecule has 0 heterocycles. The van der Waals surface area contributed by atoms with Crippen LogP contribution in [0, 0.1) is 13.8 Å². The number of benzene rings is 1. The van der Waals surface area contributed by atoms with Gasteiger partial charge in [0.1, 0.15) is 0 Å². The summed E-state index contributed by atoms with van der Waals surface area (Å²) in [6.45, 7) is 5.60. The zero-order chi connectivity index (χ0) is 9.84. The topological polar surface area (TPSA) is 29.1 Å². The van der Waals surface area contributed by atoms with Gasteiger partial charge in [0, 0.05) is 11.8 Å². The van der Waals surface area contributed by atoms with Crippen molar-refractivity contribution in [1.82, 2.24) is 4.72 Å². The first-order valence-electron chi connectivity index (χ1n) is 4.10. The molecule has 0 aromatic heterocycles. The highest BCUT2D eigenvalue weighted by Gasteiger charge is 1.99. The van der Waals surface area contributed by atoms with Crippen LogP contribution in [0.4, 0.5) is 0 Å². The van der Waals surface area contributed by atoms with Crippen molar-refractivity contribution in [2.75, 3.05) is 0 Å². The van der Waals surface area contributed by atoms with Crippen molar-refractivity contribution in [2.24, 2.45) is 0 Å². The molecule has 2 nitrogen and oxygen atoms in total. The van der Waals surface area contributed by atoms with Crippen LogP contribution in [0.25, 0.3) is 0 Å². The molecular weight excluding hydrogens is 182 g/mol. The molecule has 1 aromatic carbocycles. The Morgan fingerprint density at radius 1 is 1.38 bits per heavy atom. The van der Waals surface area contributed by atoms with Crippen molar-refractivity contribution in [3.63, 3.8) is 0 Å². The lowest BCUT2D eigenvalue weighted by atomic mass is 10.2. The van der Waals surface area contributed by atoms with Crippen molar-refractivity contribution in [3.8, 4) is 0 Å². The zero-order valence-corrected chi connectivity index (χ0v) is 8.87. The van der Waals surface area contributed by atoms with E-state index in [1.165, 1.54) is 30.0 Å². The first-order chi connectivity index (χ1) is 6.09. The smallest absolute Gasteiger partial charge is 0.226 e. The average Bonchev–Trinajstić information content (AvgIpc) is 2.02. The largest absolute Gasteiger partial charge is 0.296 e.